The second kappa shape index (κ2) is 9.37. The van der Waals surface area contributed by atoms with Crippen LogP contribution >= 0.6 is 24.2 Å². The zero-order valence-corrected chi connectivity index (χ0v) is 19.9. The third-order valence-corrected chi connectivity index (χ3v) is 8.15. The molecule has 2 unspecified atom stereocenters. The number of nitrogens with zero attached hydrogens (tertiary/aromatic N) is 2. The topological polar surface area (TPSA) is 52.7 Å². The molecule has 2 fully saturated rings. The van der Waals surface area contributed by atoms with Crippen molar-refractivity contribution in [3.63, 3.8) is 0 Å². The molecule has 5 rings (SSSR count). The highest BCUT2D eigenvalue weighted by atomic mass is 35.5. The van der Waals surface area contributed by atoms with E-state index >= 15 is 0 Å². The molecule has 0 spiro atoms. The van der Waals surface area contributed by atoms with Crippen LogP contribution in [0, 0.1) is 5.82 Å². The van der Waals surface area contributed by atoms with E-state index in [1.165, 1.54) is 17.2 Å². The summed E-state index contributed by atoms with van der Waals surface area (Å²) in [6, 6.07) is 11.3. The number of rotatable bonds is 4. The van der Waals surface area contributed by atoms with Gasteiger partial charge in [0.05, 0.1) is 16.4 Å². The molecule has 3 heterocycles. The first-order chi connectivity index (χ1) is 15.9. The molecule has 2 saturated heterocycles. The van der Waals surface area contributed by atoms with Crippen LogP contribution in [0.3, 0.4) is 0 Å². The first-order valence-corrected chi connectivity index (χ1v) is 12.4. The van der Waals surface area contributed by atoms with Crippen molar-refractivity contribution < 1.29 is 14.0 Å². The van der Waals surface area contributed by atoms with Gasteiger partial charge in [-0.2, -0.15) is 12.6 Å². The molecule has 3 aliphatic rings. The highest BCUT2D eigenvalue weighted by Crippen LogP contribution is 2.40. The van der Waals surface area contributed by atoms with Gasteiger partial charge >= 0.3 is 0 Å². The minimum absolute atomic E-state index is 0.162. The number of nitrogens with one attached hydrogen (secondary N) is 1. The summed E-state index contributed by atoms with van der Waals surface area (Å²) in [6.45, 7) is 3.37. The molecule has 0 aliphatic carbocycles. The first-order valence-electron chi connectivity index (χ1n) is 11.5. The van der Waals surface area contributed by atoms with E-state index in [1.54, 1.807) is 6.07 Å². The molecule has 174 valence electrons. The van der Waals surface area contributed by atoms with E-state index in [0.29, 0.717) is 19.4 Å². The van der Waals surface area contributed by atoms with E-state index in [9.17, 15) is 14.0 Å². The minimum atomic E-state index is -0.345. The van der Waals surface area contributed by atoms with Crippen LogP contribution in [0.5, 0.6) is 0 Å². The average Bonchev–Trinajstić information content (AvgIpc) is 3.12. The highest BCUT2D eigenvalue weighted by Gasteiger charge is 2.39. The Bertz CT molecular complexity index is 1090. The minimum Gasteiger partial charge on any atom is -0.299 e. The molecule has 0 aromatic heterocycles. The van der Waals surface area contributed by atoms with E-state index in [4.69, 9.17) is 24.2 Å². The molecule has 8 heteroatoms. The Morgan fingerprint density at radius 2 is 1.88 bits per heavy atom. The van der Waals surface area contributed by atoms with Crippen molar-refractivity contribution >= 4 is 36.0 Å². The van der Waals surface area contributed by atoms with Gasteiger partial charge in [-0.05, 0) is 66.6 Å². The highest BCUT2D eigenvalue weighted by molar-refractivity contribution is 7.80. The van der Waals surface area contributed by atoms with Gasteiger partial charge < -0.3 is 0 Å². The Labute approximate surface area is 203 Å². The second-order valence-corrected chi connectivity index (χ2v) is 10.1. The summed E-state index contributed by atoms with van der Waals surface area (Å²) >= 11 is 11.0. The van der Waals surface area contributed by atoms with Crippen molar-refractivity contribution in [1.82, 2.24) is 15.1 Å². The van der Waals surface area contributed by atoms with Gasteiger partial charge in [-0.15, -0.1) is 0 Å². The lowest BCUT2D eigenvalue weighted by Gasteiger charge is -2.33. The predicted molar refractivity (Wildman–Crippen MR) is 129 cm³/mol. The zero-order chi connectivity index (χ0) is 23.1. The standard InChI is InChI=1S/C25H27ClFN3O2S/c26-23-18(2-1-3-20(23)27)16-8-10-29(11-9-16)13-15-4-5-17-14-30(25(33)19(17)12-15)21-6-7-22(31)28-24(21)32/h1-5,12,16,21,25,33H,6-11,13-14H2,(H,28,31,32). The first kappa shape index (κ1) is 22.8. The van der Waals surface area contributed by atoms with Crippen LogP contribution in [0.2, 0.25) is 5.02 Å². The van der Waals surface area contributed by atoms with Gasteiger partial charge in [-0.3, -0.25) is 24.7 Å². The van der Waals surface area contributed by atoms with Crippen molar-refractivity contribution in [2.45, 2.75) is 56.1 Å². The smallest absolute Gasteiger partial charge is 0.243 e. The van der Waals surface area contributed by atoms with Gasteiger partial charge in [0.15, 0.2) is 0 Å². The number of piperidine rings is 2. The number of fused-ring (bicyclic) bond motifs is 1. The molecule has 2 aromatic carbocycles. The maximum absolute atomic E-state index is 13.8. The summed E-state index contributed by atoms with van der Waals surface area (Å²) in [5, 5.41) is 2.55. The van der Waals surface area contributed by atoms with Crippen molar-refractivity contribution in [1.29, 1.82) is 0 Å². The summed E-state index contributed by atoms with van der Waals surface area (Å²) in [5.41, 5.74) is 4.46. The van der Waals surface area contributed by atoms with Crippen LogP contribution < -0.4 is 5.32 Å². The largest absolute Gasteiger partial charge is 0.299 e. The molecular weight excluding hydrogens is 461 g/mol. The van der Waals surface area contributed by atoms with E-state index < -0.39 is 0 Å². The van der Waals surface area contributed by atoms with Gasteiger partial charge in [0, 0.05) is 19.5 Å². The number of hydrogen-bond donors (Lipinski definition) is 2. The molecule has 5 nitrogen and oxygen atoms in total. The molecule has 33 heavy (non-hydrogen) atoms. The quantitative estimate of drug-likeness (QED) is 0.495. The van der Waals surface area contributed by atoms with Crippen molar-refractivity contribution in [3.05, 3.63) is 69.5 Å². The summed E-state index contributed by atoms with van der Waals surface area (Å²) in [6.07, 6.45) is 2.80. The lowest BCUT2D eigenvalue weighted by molar-refractivity contribution is -0.137. The Hall–Kier alpha value is -1.93. The summed E-state index contributed by atoms with van der Waals surface area (Å²) in [4.78, 5) is 28.3. The Morgan fingerprint density at radius 1 is 1.09 bits per heavy atom. The Morgan fingerprint density at radius 3 is 2.64 bits per heavy atom. The monoisotopic (exact) mass is 487 g/mol. The fraction of sp³-hybridized carbons (Fsp3) is 0.440. The lowest BCUT2D eigenvalue weighted by Crippen LogP contribution is -2.51. The van der Waals surface area contributed by atoms with Gasteiger partial charge in [0.25, 0.3) is 0 Å². The predicted octanol–water partition coefficient (Wildman–Crippen LogP) is 4.41. The van der Waals surface area contributed by atoms with Crippen molar-refractivity contribution in [3.8, 4) is 0 Å². The fourth-order valence-corrected chi connectivity index (χ4v) is 6.13. The second-order valence-electron chi connectivity index (χ2n) is 9.24. The molecule has 3 aliphatic heterocycles. The Kier molecular flexibility index (Phi) is 6.49. The molecule has 2 atom stereocenters. The van der Waals surface area contributed by atoms with Crippen LogP contribution in [-0.4, -0.2) is 40.7 Å². The molecule has 2 aromatic rings. The summed E-state index contributed by atoms with van der Waals surface area (Å²) in [5.74, 6) is -0.482. The molecule has 1 N–H and O–H groups in total. The fourth-order valence-electron chi connectivity index (χ4n) is 5.36. The number of likely N-dealkylation sites (tertiary alicyclic amines) is 1. The van der Waals surface area contributed by atoms with E-state index in [0.717, 1.165) is 43.6 Å². The Balaban J connectivity index is 1.22. The van der Waals surface area contributed by atoms with Crippen LogP contribution in [0.25, 0.3) is 0 Å². The third-order valence-electron chi connectivity index (χ3n) is 7.18. The van der Waals surface area contributed by atoms with Crippen molar-refractivity contribution in [2.24, 2.45) is 0 Å². The van der Waals surface area contributed by atoms with Gasteiger partial charge in [-0.1, -0.05) is 41.9 Å². The number of imide groups is 1. The van der Waals surface area contributed by atoms with Crippen LogP contribution in [0.4, 0.5) is 4.39 Å². The molecular formula is C25H27ClFN3O2S. The number of carbonyl (C=O) groups excluding carboxylic acids is 2. The number of thiol groups is 1. The number of carbonyl (C=O) groups is 2. The number of benzene rings is 2. The summed E-state index contributed by atoms with van der Waals surface area (Å²) < 4.78 is 13.8. The SMILES string of the molecule is O=C1CCC(N2Cc3ccc(CN4CCC(c5cccc(F)c5Cl)CC4)cc3C2S)C(=O)N1. The lowest BCUT2D eigenvalue weighted by atomic mass is 9.89. The summed E-state index contributed by atoms with van der Waals surface area (Å²) in [7, 11) is 0. The number of halogens is 2. The van der Waals surface area contributed by atoms with Crippen LogP contribution in [0.15, 0.2) is 36.4 Å². The zero-order valence-electron chi connectivity index (χ0n) is 18.3. The van der Waals surface area contributed by atoms with Crippen LogP contribution in [-0.2, 0) is 22.7 Å². The number of amides is 2. The van der Waals surface area contributed by atoms with E-state index in [2.05, 4.69) is 33.3 Å². The van der Waals surface area contributed by atoms with E-state index in [-0.39, 0.29) is 40.0 Å². The molecule has 0 radical (unpaired) electrons. The maximum Gasteiger partial charge on any atom is 0.243 e. The maximum atomic E-state index is 13.8. The van der Waals surface area contributed by atoms with Gasteiger partial charge in [0.2, 0.25) is 11.8 Å². The van der Waals surface area contributed by atoms with E-state index in [1.807, 2.05) is 6.07 Å². The molecule has 2 amide bonds. The van der Waals surface area contributed by atoms with Gasteiger partial charge in [-0.25, -0.2) is 4.39 Å². The van der Waals surface area contributed by atoms with Gasteiger partial charge in [0.1, 0.15) is 5.82 Å². The molecule has 0 saturated carbocycles. The molecule has 0 bridgehead atoms. The normalized spacial score (nSPS) is 24.7. The van der Waals surface area contributed by atoms with Crippen LogP contribution in [0.1, 0.15) is 59.2 Å². The third kappa shape index (κ3) is 4.56. The number of hydrogen-bond acceptors (Lipinski definition) is 5. The van der Waals surface area contributed by atoms with Crippen molar-refractivity contribution in [2.75, 3.05) is 13.1 Å². The average molecular weight is 488 g/mol.